The average molecular weight is 517 g/mol. The molecule has 1 aliphatic rings. The van der Waals surface area contributed by atoms with Gasteiger partial charge in [0.25, 0.3) is 5.88 Å². The van der Waals surface area contributed by atoms with Crippen LogP contribution < -0.4 is 14.8 Å². The molecule has 9 nitrogen and oxygen atoms in total. The normalized spacial score (nSPS) is 15.7. The van der Waals surface area contributed by atoms with Gasteiger partial charge in [-0.1, -0.05) is 6.08 Å². The summed E-state index contributed by atoms with van der Waals surface area (Å²) >= 11 is 0. The standard InChI is InChI=1S/C28H29FN6O3/c1-4-7-24(36)34-15-6-8-19(17-34)25-21-12-14-32-28(30-2)35(21)26(33-25)18-10-11-22(23(16-18)37-3)38-27-20(29)9-5-13-31-27/h4-5,7,9-14,16,19H,6,8,15,17H2,1-3H3,(H,30,32)/b7-4-. The van der Waals surface area contributed by atoms with Gasteiger partial charge in [-0.15, -0.1) is 0 Å². The summed E-state index contributed by atoms with van der Waals surface area (Å²) in [5.41, 5.74) is 2.59. The zero-order valence-corrected chi connectivity index (χ0v) is 21.5. The van der Waals surface area contributed by atoms with Gasteiger partial charge in [0.2, 0.25) is 11.9 Å². The van der Waals surface area contributed by atoms with Crippen LogP contribution in [0.3, 0.4) is 0 Å². The van der Waals surface area contributed by atoms with Crippen molar-refractivity contribution in [2.45, 2.75) is 25.7 Å². The highest BCUT2D eigenvalue weighted by Crippen LogP contribution is 2.38. The maximum absolute atomic E-state index is 14.1. The van der Waals surface area contributed by atoms with Gasteiger partial charge in [-0.2, -0.15) is 0 Å². The van der Waals surface area contributed by atoms with Gasteiger partial charge in [0.1, 0.15) is 5.82 Å². The number of hydrogen-bond donors (Lipinski definition) is 1. The van der Waals surface area contributed by atoms with Crippen LogP contribution in [0, 0.1) is 5.82 Å². The molecule has 0 radical (unpaired) electrons. The van der Waals surface area contributed by atoms with Crippen LogP contribution in [0.4, 0.5) is 10.3 Å². The van der Waals surface area contributed by atoms with Crippen LogP contribution in [0.15, 0.2) is 60.9 Å². The summed E-state index contributed by atoms with van der Waals surface area (Å²) in [4.78, 5) is 28.0. The molecule has 4 heterocycles. The molecule has 1 aliphatic heterocycles. The molecule has 1 fully saturated rings. The van der Waals surface area contributed by atoms with E-state index in [1.165, 1.54) is 25.4 Å². The number of aromatic nitrogens is 4. The number of nitrogens with one attached hydrogen (secondary N) is 1. The number of carbonyl (C=O) groups is 1. The maximum Gasteiger partial charge on any atom is 0.255 e. The van der Waals surface area contributed by atoms with E-state index in [-0.39, 0.29) is 17.7 Å². The van der Waals surface area contributed by atoms with Crippen molar-refractivity contribution in [2.75, 3.05) is 32.6 Å². The van der Waals surface area contributed by atoms with Gasteiger partial charge < -0.3 is 19.7 Å². The van der Waals surface area contributed by atoms with Crippen molar-refractivity contribution in [1.29, 1.82) is 0 Å². The van der Waals surface area contributed by atoms with Crippen LogP contribution in [0.5, 0.6) is 17.4 Å². The third-order valence-electron chi connectivity index (χ3n) is 6.59. The van der Waals surface area contributed by atoms with Crippen molar-refractivity contribution in [3.63, 3.8) is 0 Å². The van der Waals surface area contributed by atoms with E-state index in [0.717, 1.165) is 36.2 Å². The van der Waals surface area contributed by atoms with E-state index in [1.807, 2.05) is 35.4 Å². The molecule has 0 spiro atoms. The number of carbonyl (C=O) groups excluding carboxylic acids is 1. The van der Waals surface area contributed by atoms with E-state index in [0.29, 0.717) is 29.8 Å². The molecule has 4 aromatic rings. The highest BCUT2D eigenvalue weighted by Gasteiger charge is 2.29. The number of amides is 1. The number of nitrogens with zero attached hydrogens (tertiary/aromatic N) is 5. The third-order valence-corrected chi connectivity index (χ3v) is 6.59. The Morgan fingerprint density at radius 2 is 2.05 bits per heavy atom. The lowest BCUT2D eigenvalue weighted by molar-refractivity contribution is -0.127. The Labute approximate surface area is 220 Å². The number of imidazole rings is 1. The van der Waals surface area contributed by atoms with Crippen LogP contribution in [-0.2, 0) is 4.79 Å². The van der Waals surface area contributed by atoms with Crippen LogP contribution >= 0.6 is 0 Å². The number of methoxy groups -OCH3 is 1. The molecule has 0 bridgehead atoms. The summed E-state index contributed by atoms with van der Waals surface area (Å²) in [7, 11) is 3.33. The Balaban J connectivity index is 1.57. The van der Waals surface area contributed by atoms with Crippen molar-refractivity contribution >= 4 is 17.4 Å². The molecule has 3 aromatic heterocycles. The summed E-state index contributed by atoms with van der Waals surface area (Å²) in [5, 5.41) is 3.15. The fourth-order valence-corrected chi connectivity index (χ4v) is 4.82. The number of anilines is 1. The molecule has 1 aromatic carbocycles. The zero-order chi connectivity index (χ0) is 26.6. The average Bonchev–Trinajstić information content (AvgIpc) is 3.35. The summed E-state index contributed by atoms with van der Waals surface area (Å²) in [6, 6.07) is 10.1. The van der Waals surface area contributed by atoms with E-state index in [2.05, 4.69) is 15.3 Å². The molecule has 38 heavy (non-hydrogen) atoms. The first-order valence-corrected chi connectivity index (χ1v) is 12.5. The van der Waals surface area contributed by atoms with Gasteiger partial charge in [0.05, 0.1) is 18.3 Å². The topological polar surface area (TPSA) is 93.9 Å². The molecular weight excluding hydrogens is 487 g/mol. The SMILES string of the molecule is C/C=C\C(=O)N1CCCC(c2nc(-c3ccc(Oc4ncccc4F)c(OC)c3)n3c(NC)nccc23)C1. The number of rotatable bonds is 7. The number of pyridine rings is 1. The number of fused-ring (bicyclic) bond motifs is 1. The number of likely N-dealkylation sites (tertiary alicyclic amines) is 1. The van der Waals surface area contributed by atoms with E-state index < -0.39 is 5.82 Å². The second kappa shape index (κ2) is 10.9. The van der Waals surface area contributed by atoms with Crippen molar-refractivity contribution in [1.82, 2.24) is 24.3 Å². The minimum absolute atomic E-state index is 0.0168. The lowest BCUT2D eigenvalue weighted by Crippen LogP contribution is -2.38. The monoisotopic (exact) mass is 516 g/mol. The molecule has 5 rings (SSSR count). The second-order valence-corrected chi connectivity index (χ2v) is 8.94. The lowest BCUT2D eigenvalue weighted by Gasteiger charge is -2.31. The first kappa shape index (κ1) is 25.2. The Kier molecular flexibility index (Phi) is 7.21. The molecule has 10 heteroatoms. The van der Waals surface area contributed by atoms with E-state index in [1.54, 1.807) is 30.5 Å². The fourth-order valence-electron chi connectivity index (χ4n) is 4.82. The van der Waals surface area contributed by atoms with Crippen LogP contribution in [0.1, 0.15) is 31.4 Å². The van der Waals surface area contributed by atoms with Gasteiger partial charge in [0, 0.05) is 44.0 Å². The number of piperidine rings is 1. The maximum atomic E-state index is 14.1. The Hall–Kier alpha value is -4.47. The first-order valence-electron chi connectivity index (χ1n) is 12.5. The highest BCUT2D eigenvalue weighted by molar-refractivity contribution is 5.87. The van der Waals surface area contributed by atoms with Crippen molar-refractivity contribution in [2.24, 2.45) is 0 Å². The number of benzene rings is 1. The molecule has 1 amide bonds. The molecule has 1 N–H and O–H groups in total. The summed E-state index contributed by atoms with van der Waals surface area (Å²) in [6.07, 6.45) is 8.41. The zero-order valence-electron chi connectivity index (χ0n) is 21.5. The van der Waals surface area contributed by atoms with Gasteiger partial charge in [-0.3, -0.25) is 9.20 Å². The number of allylic oxidation sites excluding steroid dienone is 1. The third kappa shape index (κ3) is 4.77. The number of halogens is 1. The van der Waals surface area contributed by atoms with Gasteiger partial charge >= 0.3 is 0 Å². The molecule has 1 unspecified atom stereocenters. The van der Waals surface area contributed by atoms with E-state index >= 15 is 0 Å². The molecule has 0 aliphatic carbocycles. The largest absolute Gasteiger partial charge is 0.493 e. The van der Waals surface area contributed by atoms with Crippen molar-refractivity contribution in [3.8, 4) is 28.8 Å². The molecule has 0 saturated carbocycles. The smallest absolute Gasteiger partial charge is 0.255 e. The van der Waals surface area contributed by atoms with Gasteiger partial charge in [-0.05, 0) is 62.2 Å². The minimum Gasteiger partial charge on any atom is -0.493 e. The van der Waals surface area contributed by atoms with Gasteiger partial charge in [0.15, 0.2) is 17.3 Å². The van der Waals surface area contributed by atoms with Crippen molar-refractivity contribution in [3.05, 3.63) is 72.5 Å². The summed E-state index contributed by atoms with van der Waals surface area (Å²) in [5.74, 6) is 1.41. The Morgan fingerprint density at radius 1 is 1.18 bits per heavy atom. The van der Waals surface area contributed by atoms with Gasteiger partial charge in [-0.25, -0.2) is 19.3 Å². The minimum atomic E-state index is -0.568. The number of ether oxygens (including phenoxy) is 2. The fraction of sp³-hybridized carbons (Fsp3) is 0.286. The molecule has 1 saturated heterocycles. The first-order chi connectivity index (χ1) is 18.5. The van der Waals surface area contributed by atoms with E-state index in [4.69, 9.17) is 14.5 Å². The van der Waals surface area contributed by atoms with Crippen molar-refractivity contribution < 1.29 is 18.7 Å². The van der Waals surface area contributed by atoms with Crippen LogP contribution in [-0.4, -0.2) is 57.4 Å². The Bertz CT molecular complexity index is 1500. The second-order valence-electron chi connectivity index (χ2n) is 8.94. The molecular formula is C28H29FN6O3. The Morgan fingerprint density at radius 3 is 2.82 bits per heavy atom. The van der Waals surface area contributed by atoms with Crippen LogP contribution in [0.25, 0.3) is 16.9 Å². The number of hydrogen-bond acceptors (Lipinski definition) is 7. The molecule has 196 valence electrons. The van der Waals surface area contributed by atoms with Crippen LogP contribution in [0.2, 0.25) is 0 Å². The highest BCUT2D eigenvalue weighted by atomic mass is 19.1. The summed E-state index contributed by atoms with van der Waals surface area (Å²) in [6.45, 7) is 3.17. The predicted octanol–water partition coefficient (Wildman–Crippen LogP) is 5.06. The summed E-state index contributed by atoms with van der Waals surface area (Å²) < 4.78 is 27.4. The lowest BCUT2D eigenvalue weighted by atomic mass is 9.94. The predicted molar refractivity (Wildman–Crippen MR) is 142 cm³/mol. The molecule has 1 atom stereocenters. The van der Waals surface area contributed by atoms with E-state index in [9.17, 15) is 9.18 Å². The quantitative estimate of drug-likeness (QED) is 0.343.